The number of fused-ring (bicyclic) bond motifs is 2. The molecular weight excluding hydrogens is 160 g/mol. The number of piperidine rings is 1. The summed E-state index contributed by atoms with van der Waals surface area (Å²) in [4.78, 5) is 2.80. The predicted molar refractivity (Wildman–Crippen MR) is 53.7 cm³/mol. The summed E-state index contributed by atoms with van der Waals surface area (Å²) in [5, 5.41) is 3.52. The molecule has 0 aromatic rings. The van der Waals surface area contributed by atoms with Gasteiger partial charge in [0.1, 0.15) is 0 Å². The molecule has 0 amide bonds. The predicted octanol–water partition coefficient (Wildman–Crippen LogP) is 1.08. The highest BCUT2D eigenvalue weighted by atomic mass is 15.3. The summed E-state index contributed by atoms with van der Waals surface area (Å²) in [6, 6.07) is 1.81. The SMILES string of the molecule is CC1CNCC1N1CC2CCC1C2. The van der Waals surface area contributed by atoms with Crippen LogP contribution in [0.3, 0.4) is 0 Å². The molecule has 1 aliphatic carbocycles. The first-order chi connectivity index (χ1) is 6.34. The van der Waals surface area contributed by atoms with Crippen LogP contribution in [0.15, 0.2) is 0 Å². The zero-order chi connectivity index (χ0) is 8.84. The first-order valence-electron chi connectivity index (χ1n) is 5.81. The van der Waals surface area contributed by atoms with Crippen molar-refractivity contribution in [2.45, 2.75) is 38.3 Å². The molecule has 2 aliphatic heterocycles. The van der Waals surface area contributed by atoms with Gasteiger partial charge in [-0.25, -0.2) is 0 Å². The minimum absolute atomic E-state index is 0.857. The number of hydrogen-bond donors (Lipinski definition) is 1. The third-order valence-corrected chi connectivity index (χ3v) is 4.35. The molecule has 13 heavy (non-hydrogen) atoms. The van der Waals surface area contributed by atoms with Gasteiger partial charge in [-0.3, -0.25) is 4.90 Å². The molecule has 0 radical (unpaired) electrons. The van der Waals surface area contributed by atoms with Crippen molar-refractivity contribution in [3.8, 4) is 0 Å². The van der Waals surface area contributed by atoms with Crippen molar-refractivity contribution in [3.05, 3.63) is 0 Å². The maximum absolute atomic E-state index is 3.52. The van der Waals surface area contributed by atoms with Crippen LogP contribution in [0, 0.1) is 11.8 Å². The Labute approximate surface area is 80.7 Å². The Morgan fingerprint density at radius 1 is 1.23 bits per heavy atom. The fourth-order valence-electron chi connectivity index (χ4n) is 3.61. The number of hydrogen-bond acceptors (Lipinski definition) is 2. The van der Waals surface area contributed by atoms with Crippen molar-refractivity contribution in [2.75, 3.05) is 19.6 Å². The maximum atomic E-state index is 3.52. The summed E-state index contributed by atoms with van der Waals surface area (Å²) >= 11 is 0. The molecule has 3 rings (SSSR count). The van der Waals surface area contributed by atoms with E-state index in [0.29, 0.717) is 0 Å². The van der Waals surface area contributed by atoms with Crippen LogP contribution < -0.4 is 5.32 Å². The fraction of sp³-hybridized carbons (Fsp3) is 1.00. The lowest BCUT2D eigenvalue weighted by molar-refractivity contribution is 0.135. The minimum atomic E-state index is 0.857. The Balaban J connectivity index is 1.72. The van der Waals surface area contributed by atoms with Crippen molar-refractivity contribution >= 4 is 0 Å². The largest absolute Gasteiger partial charge is 0.315 e. The van der Waals surface area contributed by atoms with Crippen LogP contribution in [0.4, 0.5) is 0 Å². The summed E-state index contributed by atoms with van der Waals surface area (Å²) in [5.74, 6) is 1.93. The molecule has 4 atom stereocenters. The number of nitrogens with one attached hydrogen (secondary N) is 1. The molecular formula is C11H20N2. The van der Waals surface area contributed by atoms with E-state index in [1.807, 2.05) is 0 Å². The van der Waals surface area contributed by atoms with E-state index in [4.69, 9.17) is 0 Å². The van der Waals surface area contributed by atoms with E-state index in [9.17, 15) is 0 Å². The van der Waals surface area contributed by atoms with Gasteiger partial charge in [0, 0.05) is 25.2 Å². The second kappa shape index (κ2) is 2.96. The van der Waals surface area contributed by atoms with E-state index in [1.165, 1.54) is 38.9 Å². The lowest BCUT2D eigenvalue weighted by Crippen LogP contribution is -2.44. The van der Waals surface area contributed by atoms with E-state index >= 15 is 0 Å². The van der Waals surface area contributed by atoms with Gasteiger partial charge in [-0.1, -0.05) is 6.92 Å². The Kier molecular flexibility index (Phi) is 1.88. The van der Waals surface area contributed by atoms with Crippen molar-refractivity contribution in [1.29, 1.82) is 0 Å². The first kappa shape index (κ1) is 8.25. The molecule has 2 heteroatoms. The topological polar surface area (TPSA) is 15.3 Å². The van der Waals surface area contributed by atoms with Gasteiger partial charge in [-0.2, -0.15) is 0 Å². The Morgan fingerprint density at radius 2 is 2.15 bits per heavy atom. The lowest BCUT2D eigenvalue weighted by atomic mass is 10.0. The van der Waals surface area contributed by atoms with Gasteiger partial charge in [-0.15, -0.1) is 0 Å². The molecule has 0 aromatic carbocycles. The van der Waals surface area contributed by atoms with Gasteiger partial charge < -0.3 is 5.32 Å². The average molecular weight is 180 g/mol. The summed E-state index contributed by atoms with van der Waals surface area (Å²) in [6.45, 7) is 6.28. The highest BCUT2D eigenvalue weighted by Gasteiger charge is 2.43. The van der Waals surface area contributed by atoms with E-state index < -0.39 is 0 Å². The normalized spacial score (nSPS) is 50.5. The molecule has 1 N–H and O–H groups in total. The molecule has 3 aliphatic rings. The molecule has 0 spiro atoms. The maximum Gasteiger partial charge on any atom is 0.0261 e. The van der Waals surface area contributed by atoms with Crippen LogP contribution in [0.1, 0.15) is 26.2 Å². The van der Waals surface area contributed by atoms with Gasteiger partial charge in [-0.05, 0) is 37.6 Å². The average Bonchev–Trinajstić information content (AvgIpc) is 2.77. The first-order valence-corrected chi connectivity index (χ1v) is 5.81. The Hall–Kier alpha value is -0.0800. The number of rotatable bonds is 1. The Morgan fingerprint density at radius 3 is 2.69 bits per heavy atom. The van der Waals surface area contributed by atoms with Crippen LogP contribution in [0.25, 0.3) is 0 Å². The molecule has 0 aromatic heterocycles. The summed E-state index contributed by atoms with van der Waals surface area (Å²) in [5.41, 5.74) is 0. The van der Waals surface area contributed by atoms with Crippen LogP contribution in [0.2, 0.25) is 0 Å². The van der Waals surface area contributed by atoms with Gasteiger partial charge in [0.25, 0.3) is 0 Å². The summed E-state index contributed by atoms with van der Waals surface area (Å²) < 4.78 is 0. The van der Waals surface area contributed by atoms with E-state index in [0.717, 1.165) is 23.9 Å². The lowest BCUT2D eigenvalue weighted by Gasteiger charge is -2.34. The molecule has 3 fully saturated rings. The Bertz CT molecular complexity index is 204. The number of nitrogens with zero attached hydrogens (tertiary/aromatic N) is 1. The van der Waals surface area contributed by atoms with Crippen molar-refractivity contribution in [3.63, 3.8) is 0 Å². The summed E-state index contributed by atoms with van der Waals surface area (Å²) in [6.07, 6.45) is 4.49. The highest BCUT2D eigenvalue weighted by Crippen LogP contribution is 2.39. The monoisotopic (exact) mass is 180 g/mol. The molecule has 2 heterocycles. The van der Waals surface area contributed by atoms with Gasteiger partial charge in [0.2, 0.25) is 0 Å². The van der Waals surface area contributed by atoms with E-state index in [2.05, 4.69) is 17.1 Å². The third-order valence-electron chi connectivity index (χ3n) is 4.35. The quantitative estimate of drug-likeness (QED) is 0.649. The van der Waals surface area contributed by atoms with Crippen LogP contribution in [-0.4, -0.2) is 36.6 Å². The van der Waals surface area contributed by atoms with Crippen molar-refractivity contribution < 1.29 is 0 Å². The van der Waals surface area contributed by atoms with E-state index in [-0.39, 0.29) is 0 Å². The second-order valence-electron chi connectivity index (χ2n) is 5.23. The van der Waals surface area contributed by atoms with Gasteiger partial charge >= 0.3 is 0 Å². The fourth-order valence-corrected chi connectivity index (χ4v) is 3.61. The highest BCUT2D eigenvalue weighted by molar-refractivity contribution is 4.98. The molecule has 4 unspecified atom stereocenters. The van der Waals surface area contributed by atoms with Crippen LogP contribution in [0.5, 0.6) is 0 Å². The number of likely N-dealkylation sites (tertiary alicyclic amines) is 1. The molecule has 1 saturated carbocycles. The molecule has 2 bridgehead atoms. The van der Waals surface area contributed by atoms with Crippen molar-refractivity contribution in [2.24, 2.45) is 11.8 Å². The second-order valence-corrected chi connectivity index (χ2v) is 5.23. The zero-order valence-corrected chi connectivity index (χ0v) is 8.50. The molecule has 2 nitrogen and oxygen atoms in total. The van der Waals surface area contributed by atoms with Crippen LogP contribution >= 0.6 is 0 Å². The van der Waals surface area contributed by atoms with E-state index in [1.54, 1.807) is 0 Å². The minimum Gasteiger partial charge on any atom is -0.315 e. The molecule has 2 saturated heterocycles. The standard InChI is InChI=1S/C11H20N2/c1-8-5-12-6-11(8)13-7-9-2-3-10(13)4-9/h8-12H,2-7H2,1H3. The third kappa shape index (κ3) is 1.23. The summed E-state index contributed by atoms with van der Waals surface area (Å²) in [7, 11) is 0. The van der Waals surface area contributed by atoms with Gasteiger partial charge in [0.05, 0.1) is 0 Å². The van der Waals surface area contributed by atoms with Crippen molar-refractivity contribution in [1.82, 2.24) is 10.2 Å². The van der Waals surface area contributed by atoms with Crippen LogP contribution in [-0.2, 0) is 0 Å². The van der Waals surface area contributed by atoms with Gasteiger partial charge in [0.15, 0.2) is 0 Å². The zero-order valence-electron chi connectivity index (χ0n) is 8.50. The smallest absolute Gasteiger partial charge is 0.0261 e. The molecule has 74 valence electrons.